The number of methoxy groups -OCH3 is 1. The summed E-state index contributed by atoms with van der Waals surface area (Å²) < 4.78 is 15.9. The van der Waals surface area contributed by atoms with Gasteiger partial charge in [0.05, 0.1) is 18.7 Å². The van der Waals surface area contributed by atoms with Crippen LogP contribution in [0.4, 0.5) is 0 Å². The molecule has 130 valence electrons. The number of phenolic OH excluding ortho intramolecular Hbond substituents is 1. The number of nitrogens with zero attached hydrogens (tertiary/aromatic N) is 1. The Balaban J connectivity index is 1.64. The van der Waals surface area contributed by atoms with E-state index in [1.165, 1.54) is 7.11 Å². The maximum absolute atomic E-state index is 13.0. The highest BCUT2D eigenvalue weighted by atomic mass is 16.7. The summed E-state index contributed by atoms with van der Waals surface area (Å²) in [6, 6.07) is 10.7. The maximum Gasteiger partial charge on any atom is 0.258 e. The van der Waals surface area contributed by atoms with E-state index < -0.39 is 0 Å². The van der Waals surface area contributed by atoms with E-state index in [0.717, 1.165) is 24.2 Å². The Hall–Kier alpha value is -2.89. The molecule has 2 aromatic carbocycles. The van der Waals surface area contributed by atoms with E-state index in [9.17, 15) is 9.90 Å². The van der Waals surface area contributed by atoms with Crippen LogP contribution in [0.3, 0.4) is 0 Å². The highest BCUT2D eigenvalue weighted by Crippen LogP contribution is 2.40. The van der Waals surface area contributed by atoms with Crippen LogP contribution >= 0.6 is 0 Å². The molecule has 0 aliphatic carbocycles. The Bertz CT molecular complexity index is 819. The first kappa shape index (κ1) is 15.6. The summed E-state index contributed by atoms with van der Waals surface area (Å²) in [5.41, 5.74) is 1.27. The van der Waals surface area contributed by atoms with Gasteiger partial charge in [0, 0.05) is 6.54 Å². The predicted molar refractivity (Wildman–Crippen MR) is 90.2 cm³/mol. The van der Waals surface area contributed by atoms with Crippen molar-refractivity contribution in [3.63, 3.8) is 0 Å². The molecule has 1 N–H and O–H groups in total. The van der Waals surface area contributed by atoms with Gasteiger partial charge in [-0.05, 0) is 42.7 Å². The van der Waals surface area contributed by atoms with Crippen LogP contribution in [0.15, 0.2) is 36.4 Å². The minimum atomic E-state index is -0.198. The molecule has 25 heavy (non-hydrogen) atoms. The zero-order valence-corrected chi connectivity index (χ0v) is 13.9. The fourth-order valence-electron chi connectivity index (χ4n) is 3.49. The molecule has 0 unspecified atom stereocenters. The van der Waals surface area contributed by atoms with Gasteiger partial charge in [-0.15, -0.1) is 0 Å². The fourth-order valence-corrected chi connectivity index (χ4v) is 3.49. The van der Waals surface area contributed by atoms with Crippen LogP contribution in [0.2, 0.25) is 0 Å². The zero-order chi connectivity index (χ0) is 17.4. The summed E-state index contributed by atoms with van der Waals surface area (Å²) in [6.07, 6.45) is 1.78. The number of rotatable bonds is 3. The normalized spacial score (nSPS) is 18.4. The average molecular weight is 341 g/mol. The molecular formula is C19H19NO5. The number of hydrogen-bond donors (Lipinski definition) is 1. The van der Waals surface area contributed by atoms with E-state index in [1.54, 1.807) is 23.1 Å². The van der Waals surface area contributed by atoms with Crippen LogP contribution in [-0.2, 0) is 0 Å². The van der Waals surface area contributed by atoms with Crippen LogP contribution in [-0.4, -0.2) is 36.4 Å². The van der Waals surface area contributed by atoms with Gasteiger partial charge in [0.25, 0.3) is 5.91 Å². The third-order valence-corrected chi connectivity index (χ3v) is 4.74. The number of carbonyl (C=O) groups excluding carboxylic acids is 1. The first-order valence-corrected chi connectivity index (χ1v) is 8.25. The molecule has 0 spiro atoms. The SMILES string of the molecule is COc1cccc(C(=O)N2CCC[C@@H]2c2ccc3c(c2)OCO3)c1O. The van der Waals surface area contributed by atoms with Crippen LogP contribution in [0.25, 0.3) is 0 Å². The summed E-state index contributed by atoms with van der Waals surface area (Å²) in [6.45, 7) is 0.873. The lowest BCUT2D eigenvalue weighted by Crippen LogP contribution is -2.30. The van der Waals surface area contributed by atoms with Crippen LogP contribution in [0.1, 0.15) is 34.8 Å². The summed E-state index contributed by atoms with van der Waals surface area (Å²) in [7, 11) is 1.47. The number of hydrogen-bond acceptors (Lipinski definition) is 5. The number of fused-ring (bicyclic) bond motifs is 1. The Morgan fingerprint density at radius 2 is 2.08 bits per heavy atom. The van der Waals surface area contributed by atoms with Crippen molar-refractivity contribution in [2.24, 2.45) is 0 Å². The Morgan fingerprint density at radius 1 is 1.24 bits per heavy atom. The topological polar surface area (TPSA) is 68.2 Å². The van der Waals surface area contributed by atoms with Crippen LogP contribution in [0.5, 0.6) is 23.0 Å². The predicted octanol–water partition coefficient (Wildman–Crippen LogP) is 3.11. The van der Waals surface area contributed by atoms with Gasteiger partial charge in [-0.2, -0.15) is 0 Å². The highest BCUT2D eigenvalue weighted by molar-refractivity contribution is 5.98. The molecule has 1 atom stereocenters. The van der Waals surface area contributed by atoms with Crippen molar-refractivity contribution in [2.75, 3.05) is 20.4 Å². The van der Waals surface area contributed by atoms with Crippen LogP contribution < -0.4 is 14.2 Å². The van der Waals surface area contributed by atoms with E-state index in [0.29, 0.717) is 18.0 Å². The van der Waals surface area contributed by atoms with E-state index >= 15 is 0 Å². The minimum absolute atomic E-state index is 0.0485. The molecule has 1 saturated heterocycles. The number of para-hydroxylation sites is 1. The summed E-state index contributed by atoms with van der Waals surface area (Å²) in [5, 5.41) is 10.3. The fraction of sp³-hybridized carbons (Fsp3) is 0.316. The molecule has 0 bridgehead atoms. The molecule has 2 aromatic rings. The van der Waals surface area contributed by atoms with Crippen molar-refractivity contribution < 1.29 is 24.1 Å². The Morgan fingerprint density at radius 3 is 2.92 bits per heavy atom. The first-order valence-electron chi connectivity index (χ1n) is 8.25. The van der Waals surface area contributed by atoms with Crippen molar-refractivity contribution in [3.8, 4) is 23.0 Å². The molecule has 1 fully saturated rings. The van der Waals surface area contributed by atoms with E-state index in [-0.39, 0.29) is 30.1 Å². The van der Waals surface area contributed by atoms with Crippen molar-refractivity contribution >= 4 is 5.91 Å². The average Bonchev–Trinajstić information content (AvgIpc) is 3.29. The number of likely N-dealkylation sites (tertiary alicyclic amines) is 1. The lowest BCUT2D eigenvalue weighted by Gasteiger charge is -2.26. The molecule has 0 aromatic heterocycles. The third-order valence-electron chi connectivity index (χ3n) is 4.74. The molecule has 0 saturated carbocycles. The Kier molecular flexibility index (Phi) is 3.87. The number of ether oxygens (including phenoxy) is 3. The van der Waals surface area contributed by atoms with Gasteiger partial charge in [0.15, 0.2) is 23.0 Å². The van der Waals surface area contributed by atoms with Crippen molar-refractivity contribution in [2.45, 2.75) is 18.9 Å². The zero-order valence-electron chi connectivity index (χ0n) is 13.9. The number of aromatic hydroxyl groups is 1. The van der Waals surface area contributed by atoms with Gasteiger partial charge >= 0.3 is 0 Å². The van der Waals surface area contributed by atoms with Crippen LogP contribution in [0, 0.1) is 0 Å². The lowest BCUT2D eigenvalue weighted by molar-refractivity contribution is 0.0731. The van der Waals surface area contributed by atoms with Gasteiger partial charge < -0.3 is 24.2 Å². The maximum atomic E-state index is 13.0. The molecular weight excluding hydrogens is 322 g/mol. The summed E-state index contributed by atoms with van der Waals surface area (Å²) in [5.74, 6) is 1.42. The number of phenols is 1. The number of benzene rings is 2. The van der Waals surface area contributed by atoms with Crippen molar-refractivity contribution in [3.05, 3.63) is 47.5 Å². The second-order valence-corrected chi connectivity index (χ2v) is 6.13. The van der Waals surface area contributed by atoms with Crippen molar-refractivity contribution in [1.82, 2.24) is 4.90 Å². The van der Waals surface area contributed by atoms with Gasteiger partial charge in [0.1, 0.15) is 0 Å². The van der Waals surface area contributed by atoms with E-state index in [1.807, 2.05) is 18.2 Å². The molecule has 1 amide bonds. The summed E-state index contributed by atoms with van der Waals surface area (Å²) >= 11 is 0. The highest BCUT2D eigenvalue weighted by Gasteiger charge is 2.33. The second kappa shape index (κ2) is 6.20. The molecule has 0 radical (unpaired) electrons. The molecule has 6 heteroatoms. The van der Waals surface area contributed by atoms with Gasteiger partial charge in [-0.1, -0.05) is 12.1 Å². The van der Waals surface area contributed by atoms with E-state index in [2.05, 4.69) is 0 Å². The standard InChI is InChI=1S/C19H19NO5/c1-23-16-6-2-4-13(18(16)21)19(22)20-9-3-5-14(20)12-7-8-15-17(10-12)25-11-24-15/h2,4,6-8,10,14,21H,3,5,9,11H2,1H3/t14-/m1/s1. The van der Waals surface area contributed by atoms with Gasteiger partial charge in [-0.25, -0.2) is 0 Å². The smallest absolute Gasteiger partial charge is 0.258 e. The number of amides is 1. The van der Waals surface area contributed by atoms with E-state index in [4.69, 9.17) is 14.2 Å². The number of carbonyl (C=O) groups is 1. The molecule has 2 heterocycles. The lowest BCUT2D eigenvalue weighted by atomic mass is 10.0. The minimum Gasteiger partial charge on any atom is -0.504 e. The summed E-state index contributed by atoms with van der Waals surface area (Å²) in [4.78, 5) is 14.8. The molecule has 2 aliphatic heterocycles. The first-order chi connectivity index (χ1) is 12.2. The van der Waals surface area contributed by atoms with Crippen molar-refractivity contribution in [1.29, 1.82) is 0 Å². The monoisotopic (exact) mass is 341 g/mol. The largest absolute Gasteiger partial charge is 0.504 e. The molecule has 6 nitrogen and oxygen atoms in total. The molecule has 2 aliphatic rings. The quantitative estimate of drug-likeness (QED) is 0.929. The Labute approximate surface area is 145 Å². The molecule has 4 rings (SSSR count). The second-order valence-electron chi connectivity index (χ2n) is 6.13. The van der Waals surface area contributed by atoms with Gasteiger partial charge in [0.2, 0.25) is 6.79 Å². The third kappa shape index (κ3) is 2.63. The van der Waals surface area contributed by atoms with Gasteiger partial charge in [-0.3, -0.25) is 4.79 Å².